The molecular weight excluding hydrogens is 316 g/mol. The van der Waals surface area contributed by atoms with E-state index in [2.05, 4.69) is 20.8 Å². The van der Waals surface area contributed by atoms with Gasteiger partial charge in [0, 0.05) is 11.6 Å². The summed E-state index contributed by atoms with van der Waals surface area (Å²) in [5.74, 6) is 0.367. The van der Waals surface area contributed by atoms with E-state index in [0.29, 0.717) is 12.5 Å². The molecule has 1 heterocycles. The molecule has 7 nitrogen and oxygen atoms in total. The fourth-order valence-electron chi connectivity index (χ4n) is 3.10. The van der Waals surface area contributed by atoms with E-state index in [4.69, 9.17) is 5.73 Å². The van der Waals surface area contributed by atoms with Crippen molar-refractivity contribution in [3.05, 3.63) is 30.1 Å². The van der Waals surface area contributed by atoms with Gasteiger partial charge in [-0.15, -0.1) is 17.5 Å². The van der Waals surface area contributed by atoms with Gasteiger partial charge in [0.25, 0.3) is 0 Å². The van der Waals surface area contributed by atoms with Crippen LogP contribution in [0, 0.1) is 18.8 Å². The van der Waals surface area contributed by atoms with Crippen LogP contribution in [0.5, 0.6) is 0 Å². The third kappa shape index (κ3) is 3.68. The first-order valence-corrected chi connectivity index (χ1v) is 7.54. The van der Waals surface area contributed by atoms with Crippen molar-refractivity contribution in [3.63, 3.8) is 0 Å². The Kier molecular flexibility index (Phi) is 5.68. The normalized spacial score (nSPS) is 20.1. The standard InChI is InChI=1S/C15H20N6O.ClH/c1-10-5-6-12(7-14(10)21-9-17-19-20-21)18-15(22)13-4-2-3-11(13)8-16;/h5-7,9,11,13H,2-4,8,16H2,1H3,(H,18,22);1H/t11-,13-;/m1./s1. The molecule has 0 bridgehead atoms. The molecule has 2 aromatic rings. The molecule has 0 radical (unpaired) electrons. The summed E-state index contributed by atoms with van der Waals surface area (Å²) in [6.45, 7) is 2.55. The van der Waals surface area contributed by atoms with E-state index in [1.165, 1.54) is 6.33 Å². The number of nitrogens with one attached hydrogen (secondary N) is 1. The lowest BCUT2D eigenvalue weighted by Gasteiger charge is -2.18. The highest BCUT2D eigenvalue weighted by molar-refractivity contribution is 5.93. The van der Waals surface area contributed by atoms with E-state index in [1.807, 2.05) is 25.1 Å². The summed E-state index contributed by atoms with van der Waals surface area (Å²) in [6.07, 6.45) is 4.57. The van der Waals surface area contributed by atoms with Crippen molar-refractivity contribution in [2.75, 3.05) is 11.9 Å². The van der Waals surface area contributed by atoms with E-state index in [1.54, 1.807) is 4.68 Å². The Morgan fingerprint density at radius 1 is 1.43 bits per heavy atom. The Bertz CT molecular complexity index is 660. The summed E-state index contributed by atoms with van der Waals surface area (Å²) in [7, 11) is 0. The van der Waals surface area contributed by atoms with Crippen molar-refractivity contribution in [3.8, 4) is 5.69 Å². The highest BCUT2D eigenvalue weighted by atomic mass is 35.5. The third-order valence-electron chi connectivity index (χ3n) is 4.37. The third-order valence-corrected chi connectivity index (χ3v) is 4.37. The van der Waals surface area contributed by atoms with E-state index < -0.39 is 0 Å². The van der Waals surface area contributed by atoms with Crippen LogP contribution in [-0.2, 0) is 4.79 Å². The van der Waals surface area contributed by atoms with Gasteiger partial charge in [0.15, 0.2) is 0 Å². The summed E-state index contributed by atoms with van der Waals surface area (Å²) >= 11 is 0. The molecule has 1 aromatic carbocycles. The van der Waals surface area contributed by atoms with Crippen LogP contribution in [0.25, 0.3) is 5.69 Å². The largest absolute Gasteiger partial charge is 0.330 e. The lowest BCUT2D eigenvalue weighted by Crippen LogP contribution is -2.29. The van der Waals surface area contributed by atoms with Gasteiger partial charge in [0.2, 0.25) is 5.91 Å². The topological polar surface area (TPSA) is 98.7 Å². The first kappa shape index (κ1) is 17.4. The summed E-state index contributed by atoms with van der Waals surface area (Å²) in [6, 6.07) is 5.73. The number of aromatic nitrogens is 4. The van der Waals surface area contributed by atoms with Crippen molar-refractivity contribution in [1.82, 2.24) is 20.2 Å². The Labute approximate surface area is 141 Å². The highest BCUT2D eigenvalue weighted by Crippen LogP contribution is 2.32. The lowest BCUT2D eigenvalue weighted by atomic mass is 9.95. The van der Waals surface area contributed by atoms with Crippen LogP contribution >= 0.6 is 12.4 Å². The first-order chi connectivity index (χ1) is 10.7. The van der Waals surface area contributed by atoms with E-state index in [0.717, 1.165) is 36.2 Å². The fourth-order valence-corrected chi connectivity index (χ4v) is 3.10. The van der Waals surface area contributed by atoms with E-state index in [-0.39, 0.29) is 24.2 Å². The van der Waals surface area contributed by atoms with Gasteiger partial charge >= 0.3 is 0 Å². The molecule has 0 unspecified atom stereocenters. The zero-order valence-electron chi connectivity index (χ0n) is 13.0. The number of amides is 1. The second-order valence-electron chi connectivity index (χ2n) is 5.78. The Morgan fingerprint density at radius 3 is 2.96 bits per heavy atom. The maximum Gasteiger partial charge on any atom is 0.227 e. The summed E-state index contributed by atoms with van der Waals surface area (Å²) in [4.78, 5) is 12.5. The monoisotopic (exact) mass is 336 g/mol. The number of aryl methyl sites for hydroxylation is 1. The maximum absolute atomic E-state index is 12.5. The average Bonchev–Trinajstić information content (AvgIpc) is 3.20. The van der Waals surface area contributed by atoms with Gasteiger partial charge in [0.05, 0.1) is 5.69 Å². The van der Waals surface area contributed by atoms with Crippen molar-refractivity contribution in [2.24, 2.45) is 17.6 Å². The summed E-state index contributed by atoms with van der Waals surface area (Å²) < 4.78 is 1.59. The minimum Gasteiger partial charge on any atom is -0.330 e. The number of hydrogen-bond acceptors (Lipinski definition) is 5. The van der Waals surface area contributed by atoms with Crippen LogP contribution in [0.3, 0.4) is 0 Å². The quantitative estimate of drug-likeness (QED) is 0.885. The second-order valence-corrected chi connectivity index (χ2v) is 5.78. The molecule has 1 saturated carbocycles. The molecule has 0 saturated heterocycles. The molecule has 0 spiro atoms. The van der Waals surface area contributed by atoms with Gasteiger partial charge in [-0.25, -0.2) is 4.68 Å². The Balaban J connectivity index is 0.00000192. The van der Waals surface area contributed by atoms with Gasteiger partial charge in [-0.2, -0.15) is 0 Å². The van der Waals surface area contributed by atoms with E-state index in [9.17, 15) is 4.79 Å². The molecule has 1 aliphatic rings. The molecule has 1 aromatic heterocycles. The minimum absolute atomic E-state index is 0. The van der Waals surface area contributed by atoms with Gasteiger partial charge in [-0.05, 0) is 60.4 Å². The number of halogens is 1. The van der Waals surface area contributed by atoms with Gasteiger partial charge in [-0.3, -0.25) is 4.79 Å². The summed E-state index contributed by atoms with van der Waals surface area (Å²) in [5, 5.41) is 14.2. The lowest BCUT2D eigenvalue weighted by molar-refractivity contribution is -0.120. The molecule has 3 rings (SSSR count). The van der Waals surface area contributed by atoms with Crippen LogP contribution in [0.2, 0.25) is 0 Å². The number of nitrogens with zero attached hydrogens (tertiary/aromatic N) is 4. The molecule has 1 fully saturated rings. The van der Waals surface area contributed by atoms with Crippen LogP contribution < -0.4 is 11.1 Å². The number of nitrogens with two attached hydrogens (primary N) is 1. The highest BCUT2D eigenvalue weighted by Gasteiger charge is 2.31. The van der Waals surface area contributed by atoms with Crippen molar-refractivity contribution >= 4 is 24.0 Å². The first-order valence-electron chi connectivity index (χ1n) is 7.54. The predicted molar refractivity (Wildman–Crippen MR) is 89.7 cm³/mol. The number of rotatable bonds is 4. The van der Waals surface area contributed by atoms with Crippen molar-refractivity contribution in [2.45, 2.75) is 26.2 Å². The van der Waals surface area contributed by atoms with Crippen molar-refractivity contribution in [1.29, 1.82) is 0 Å². The average molecular weight is 337 g/mol. The minimum atomic E-state index is 0. The smallest absolute Gasteiger partial charge is 0.227 e. The molecule has 1 amide bonds. The molecule has 3 N–H and O–H groups in total. The molecular formula is C15H21ClN6O. The van der Waals surface area contributed by atoms with Crippen LogP contribution in [0.1, 0.15) is 24.8 Å². The van der Waals surface area contributed by atoms with Crippen LogP contribution in [-0.4, -0.2) is 32.7 Å². The number of anilines is 1. The zero-order chi connectivity index (χ0) is 15.5. The molecule has 1 aliphatic carbocycles. The van der Waals surface area contributed by atoms with Crippen LogP contribution in [0.15, 0.2) is 24.5 Å². The number of tetrazole rings is 1. The Hall–Kier alpha value is -1.99. The van der Waals surface area contributed by atoms with Gasteiger partial charge < -0.3 is 11.1 Å². The van der Waals surface area contributed by atoms with Crippen molar-refractivity contribution < 1.29 is 4.79 Å². The number of carbonyl (C=O) groups is 1. The van der Waals surface area contributed by atoms with Gasteiger partial charge in [-0.1, -0.05) is 12.5 Å². The molecule has 8 heteroatoms. The van der Waals surface area contributed by atoms with Crippen LogP contribution in [0.4, 0.5) is 5.69 Å². The molecule has 23 heavy (non-hydrogen) atoms. The second kappa shape index (κ2) is 7.52. The molecule has 124 valence electrons. The predicted octanol–water partition coefficient (Wildman–Crippen LogP) is 1.71. The number of hydrogen-bond donors (Lipinski definition) is 2. The molecule has 2 atom stereocenters. The number of benzene rings is 1. The fraction of sp³-hybridized carbons (Fsp3) is 0.467. The van der Waals surface area contributed by atoms with E-state index >= 15 is 0 Å². The zero-order valence-corrected chi connectivity index (χ0v) is 13.8. The molecule has 0 aliphatic heterocycles. The van der Waals surface area contributed by atoms with Gasteiger partial charge in [0.1, 0.15) is 6.33 Å². The maximum atomic E-state index is 12.5. The SMILES string of the molecule is Cc1ccc(NC(=O)[C@@H]2CCC[C@@H]2CN)cc1-n1cnnn1.Cl. The summed E-state index contributed by atoms with van der Waals surface area (Å²) in [5.41, 5.74) is 8.40. The Morgan fingerprint density at radius 2 is 2.26 bits per heavy atom. The number of carbonyl (C=O) groups excluding carboxylic acids is 1.